The minimum absolute atomic E-state index is 0.0752. The molecule has 0 saturated carbocycles. The molecule has 3 rings (SSSR count). The van der Waals surface area contributed by atoms with E-state index in [2.05, 4.69) is 4.98 Å². The van der Waals surface area contributed by atoms with Crippen molar-refractivity contribution < 1.29 is 23.1 Å². The van der Waals surface area contributed by atoms with Crippen molar-refractivity contribution in [3.8, 4) is 11.6 Å². The Morgan fingerprint density at radius 1 is 1.19 bits per heavy atom. The third-order valence-corrected chi connectivity index (χ3v) is 3.55. The van der Waals surface area contributed by atoms with E-state index in [4.69, 9.17) is 13.9 Å². The summed E-state index contributed by atoms with van der Waals surface area (Å²) < 4.78 is 29.3. The van der Waals surface area contributed by atoms with Gasteiger partial charge in [-0.3, -0.25) is 4.79 Å². The van der Waals surface area contributed by atoms with Crippen LogP contribution in [0.1, 0.15) is 5.76 Å². The Balaban J connectivity index is 1.79. The number of rotatable bonds is 7. The molecule has 134 valence electrons. The third-order valence-electron chi connectivity index (χ3n) is 3.55. The number of amides is 1. The predicted molar refractivity (Wildman–Crippen MR) is 92.5 cm³/mol. The van der Waals surface area contributed by atoms with Crippen molar-refractivity contribution in [3.63, 3.8) is 0 Å². The molecule has 0 aliphatic carbocycles. The van der Waals surface area contributed by atoms with Crippen LogP contribution in [0.2, 0.25) is 0 Å². The van der Waals surface area contributed by atoms with Gasteiger partial charge in [0, 0.05) is 13.2 Å². The van der Waals surface area contributed by atoms with E-state index in [0.717, 1.165) is 0 Å². The summed E-state index contributed by atoms with van der Waals surface area (Å²) in [6.45, 7) is 0.165. The van der Waals surface area contributed by atoms with E-state index >= 15 is 0 Å². The minimum atomic E-state index is -0.479. The summed E-state index contributed by atoms with van der Waals surface area (Å²) >= 11 is 0. The Hall–Kier alpha value is -3.19. The van der Waals surface area contributed by atoms with Crippen molar-refractivity contribution in [2.45, 2.75) is 6.54 Å². The fraction of sp³-hybridized carbons (Fsp3) is 0.158. The number of furan rings is 1. The topological polar surface area (TPSA) is 64.8 Å². The summed E-state index contributed by atoms with van der Waals surface area (Å²) in [4.78, 5) is 18.0. The summed E-state index contributed by atoms with van der Waals surface area (Å²) in [5, 5.41) is 0. The van der Waals surface area contributed by atoms with Gasteiger partial charge in [-0.25, -0.2) is 9.37 Å². The molecule has 0 spiro atoms. The van der Waals surface area contributed by atoms with E-state index < -0.39 is 5.82 Å². The maximum Gasteiger partial charge on any atom is 0.253 e. The number of pyridine rings is 1. The first kappa shape index (κ1) is 17.6. The maximum absolute atomic E-state index is 13.7. The van der Waals surface area contributed by atoms with Crippen molar-refractivity contribution >= 4 is 11.6 Å². The third kappa shape index (κ3) is 4.25. The van der Waals surface area contributed by atoms with Gasteiger partial charge in [0.1, 0.15) is 12.4 Å². The van der Waals surface area contributed by atoms with Crippen molar-refractivity contribution in [3.05, 3.63) is 72.6 Å². The molecule has 0 radical (unpaired) electrons. The fourth-order valence-corrected chi connectivity index (χ4v) is 2.32. The largest absolute Gasteiger partial charge is 0.467 e. The van der Waals surface area contributed by atoms with Crippen LogP contribution in [-0.2, 0) is 16.1 Å². The number of anilines is 1. The van der Waals surface area contributed by atoms with E-state index in [-0.39, 0.29) is 30.7 Å². The molecule has 0 N–H and O–H groups in total. The molecule has 0 saturated heterocycles. The van der Waals surface area contributed by atoms with Gasteiger partial charge in [-0.2, -0.15) is 0 Å². The number of methoxy groups -OCH3 is 1. The van der Waals surface area contributed by atoms with Crippen LogP contribution < -0.4 is 9.64 Å². The molecule has 0 bridgehead atoms. The van der Waals surface area contributed by atoms with E-state index in [1.54, 1.807) is 36.4 Å². The van der Waals surface area contributed by atoms with Gasteiger partial charge in [0.2, 0.25) is 5.88 Å². The van der Waals surface area contributed by atoms with Crippen LogP contribution in [0.3, 0.4) is 0 Å². The van der Waals surface area contributed by atoms with Crippen LogP contribution >= 0.6 is 0 Å². The van der Waals surface area contributed by atoms with Crippen LogP contribution in [0.15, 0.2) is 65.4 Å². The highest BCUT2D eigenvalue weighted by molar-refractivity contribution is 5.94. The monoisotopic (exact) mass is 356 g/mol. The Bertz CT molecular complexity index is 850. The Labute approximate surface area is 149 Å². The molecule has 1 aromatic carbocycles. The van der Waals surface area contributed by atoms with Gasteiger partial charge in [0.15, 0.2) is 11.6 Å². The van der Waals surface area contributed by atoms with Crippen LogP contribution in [0.4, 0.5) is 10.1 Å². The first-order chi connectivity index (χ1) is 12.7. The fourth-order valence-electron chi connectivity index (χ4n) is 2.32. The van der Waals surface area contributed by atoms with Gasteiger partial charge in [0.05, 0.1) is 24.7 Å². The smallest absolute Gasteiger partial charge is 0.253 e. The summed E-state index contributed by atoms with van der Waals surface area (Å²) in [6.07, 6.45) is 3.02. The van der Waals surface area contributed by atoms with Gasteiger partial charge in [-0.15, -0.1) is 0 Å². The highest BCUT2D eigenvalue weighted by Crippen LogP contribution is 2.25. The normalized spacial score (nSPS) is 10.5. The van der Waals surface area contributed by atoms with Crippen molar-refractivity contribution in [2.24, 2.45) is 0 Å². The molecule has 7 heteroatoms. The summed E-state index contributed by atoms with van der Waals surface area (Å²) in [7, 11) is 1.45. The number of nitrogens with zero attached hydrogens (tertiary/aromatic N) is 2. The highest BCUT2D eigenvalue weighted by Gasteiger charge is 2.18. The number of halogens is 1. The molecular weight excluding hydrogens is 339 g/mol. The zero-order valence-corrected chi connectivity index (χ0v) is 14.1. The number of aromatic nitrogens is 1. The molecule has 26 heavy (non-hydrogen) atoms. The lowest BCUT2D eigenvalue weighted by Crippen LogP contribution is -2.33. The van der Waals surface area contributed by atoms with Crippen LogP contribution in [0, 0.1) is 5.82 Å². The van der Waals surface area contributed by atoms with Gasteiger partial charge in [0.25, 0.3) is 5.91 Å². The summed E-state index contributed by atoms with van der Waals surface area (Å²) in [6, 6.07) is 12.8. The number of carbonyl (C=O) groups is 1. The molecule has 0 fully saturated rings. The lowest BCUT2D eigenvalue weighted by molar-refractivity contribution is -0.122. The Morgan fingerprint density at radius 2 is 2.04 bits per heavy atom. The van der Waals surface area contributed by atoms with Gasteiger partial charge in [-0.1, -0.05) is 12.1 Å². The molecule has 6 nitrogen and oxygen atoms in total. The number of benzene rings is 1. The number of hydrogen-bond acceptors (Lipinski definition) is 5. The lowest BCUT2D eigenvalue weighted by atomic mass is 10.3. The quantitative estimate of drug-likeness (QED) is 0.644. The van der Waals surface area contributed by atoms with E-state index in [1.807, 2.05) is 0 Å². The van der Waals surface area contributed by atoms with E-state index in [0.29, 0.717) is 11.4 Å². The predicted octanol–water partition coefficient (Wildman–Crippen LogP) is 3.79. The molecule has 3 aromatic rings. The SMILES string of the molecule is COCC(=O)N(Cc1ccco1)c1ccc(Oc2ccccc2F)nc1. The molecule has 0 aliphatic rings. The van der Waals surface area contributed by atoms with Crippen LogP contribution in [0.25, 0.3) is 0 Å². The van der Waals surface area contributed by atoms with Gasteiger partial charge < -0.3 is 18.8 Å². The first-order valence-corrected chi connectivity index (χ1v) is 7.87. The number of carbonyl (C=O) groups excluding carboxylic acids is 1. The zero-order chi connectivity index (χ0) is 18.4. The minimum Gasteiger partial charge on any atom is -0.467 e. The van der Waals surface area contributed by atoms with Gasteiger partial charge in [-0.05, 0) is 30.3 Å². The lowest BCUT2D eigenvalue weighted by Gasteiger charge is -2.21. The van der Waals surface area contributed by atoms with Crippen LogP contribution in [-0.4, -0.2) is 24.6 Å². The Kier molecular flexibility index (Phi) is 5.60. The molecule has 1 amide bonds. The molecule has 0 atom stereocenters. The summed E-state index contributed by atoms with van der Waals surface area (Å²) in [5.41, 5.74) is 0.546. The molecule has 0 unspecified atom stereocenters. The van der Waals surface area contributed by atoms with E-state index in [1.165, 1.54) is 36.6 Å². The number of hydrogen-bond donors (Lipinski definition) is 0. The average molecular weight is 356 g/mol. The van der Waals surface area contributed by atoms with Crippen molar-refractivity contribution in [1.29, 1.82) is 0 Å². The first-order valence-electron chi connectivity index (χ1n) is 7.87. The number of para-hydroxylation sites is 1. The molecule has 2 aromatic heterocycles. The highest BCUT2D eigenvalue weighted by atomic mass is 19.1. The van der Waals surface area contributed by atoms with Gasteiger partial charge >= 0.3 is 0 Å². The second-order valence-corrected chi connectivity index (χ2v) is 5.38. The molecular formula is C19H17FN2O4. The molecule has 2 heterocycles. The second-order valence-electron chi connectivity index (χ2n) is 5.38. The summed E-state index contributed by atoms with van der Waals surface area (Å²) in [5.74, 6) is 0.203. The van der Waals surface area contributed by atoms with Crippen LogP contribution in [0.5, 0.6) is 11.6 Å². The molecule has 0 aliphatic heterocycles. The average Bonchev–Trinajstić information content (AvgIpc) is 3.16. The maximum atomic E-state index is 13.7. The Morgan fingerprint density at radius 3 is 2.69 bits per heavy atom. The van der Waals surface area contributed by atoms with E-state index in [9.17, 15) is 9.18 Å². The van der Waals surface area contributed by atoms with Crippen molar-refractivity contribution in [1.82, 2.24) is 4.98 Å². The zero-order valence-electron chi connectivity index (χ0n) is 14.1. The second kappa shape index (κ2) is 8.26. The standard InChI is InChI=1S/C19H17FN2O4/c1-24-13-19(23)22(12-15-5-4-10-25-15)14-8-9-18(21-11-14)26-17-7-3-2-6-16(17)20/h2-11H,12-13H2,1H3. The number of ether oxygens (including phenoxy) is 2. The van der Waals surface area contributed by atoms with Crippen molar-refractivity contribution in [2.75, 3.05) is 18.6 Å².